The van der Waals surface area contributed by atoms with E-state index >= 15 is 0 Å². The highest BCUT2D eigenvalue weighted by Crippen LogP contribution is 2.53. The molecule has 0 amide bonds. The van der Waals surface area contributed by atoms with E-state index in [0.717, 1.165) is 36.9 Å². The topological polar surface area (TPSA) is 74.5 Å². The Kier molecular flexibility index (Phi) is 3.60. The quantitative estimate of drug-likeness (QED) is 0.805. The summed E-state index contributed by atoms with van der Waals surface area (Å²) in [6, 6.07) is 1.76. The van der Waals surface area contributed by atoms with E-state index in [1.807, 2.05) is 6.92 Å². The SMILES string of the molecule is CCc1noc2ncc(C(=O)O[C@@H]3[C@H]4CCCO[C@H]4C3(C)C)cc12. The van der Waals surface area contributed by atoms with E-state index in [1.54, 1.807) is 6.07 Å². The third-order valence-corrected chi connectivity index (χ3v) is 5.43. The molecule has 2 fully saturated rings. The van der Waals surface area contributed by atoms with Gasteiger partial charge in [0.05, 0.1) is 22.7 Å². The van der Waals surface area contributed by atoms with Crippen LogP contribution in [0.15, 0.2) is 16.8 Å². The van der Waals surface area contributed by atoms with Crippen LogP contribution in [0, 0.1) is 11.3 Å². The van der Waals surface area contributed by atoms with Crippen molar-refractivity contribution in [3.05, 3.63) is 23.5 Å². The summed E-state index contributed by atoms with van der Waals surface area (Å²) in [7, 11) is 0. The van der Waals surface area contributed by atoms with Crippen LogP contribution in [0.4, 0.5) is 0 Å². The highest BCUT2D eigenvalue weighted by Gasteiger charge is 2.60. The van der Waals surface area contributed by atoms with Gasteiger partial charge >= 0.3 is 5.97 Å². The molecule has 1 aliphatic heterocycles. The summed E-state index contributed by atoms with van der Waals surface area (Å²) in [5.41, 5.74) is 1.55. The zero-order valence-corrected chi connectivity index (χ0v) is 14.2. The van der Waals surface area contributed by atoms with Gasteiger partial charge in [-0.1, -0.05) is 25.9 Å². The molecule has 24 heavy (non-hydrogen) atoms. The number of nitrogens with zero attached hydrogens (tertiary/aromatic N) is 2. The molecule has 2 aromatic rings. The first kappa shape index (κ1) is 15.6. The van der Waals surface area contributed by atoms with Gasteiger partial charge in [0.25, 0.3) is 5.71 Å². The number of fused-ring (bicyclic) bond motifs is 2. The van der Waals surface area contributed by atoms with E-state index in [2.05, 4.69) is 24.0 Å². The van der Waals surface area contributed by atoms with Crippen molar-refractivity contribution >= 4 is 17.1 Å². The van der Waals surface area contributed by atoms with Gasteiger partial charge in [-0.25, -0.2) is 9.78 Å². The number of carbonyl (C=O) groups excluding carboxylic acids is 1. The maximum absolute atomic E-state index is 12.6. The molecule has 2 aliphatic rings. The Balaban J connectivity index is 1.56. The van der Waals surface area contributed by atoms with E-state index in [-0.39, 0.29) is 23.6 Å². The number of esters is 1. The van der Waals surface area contributed by atoms with Crippen molar-refractivity contribution in [3.8, 4) is 0 Å². The Labute approximate surface area is 140 Å². The van der Waals surface area contributed by atoms with Gasteiger partial charge < -0.3 is 14.0 Å². The summed E-state index contributed by atoms with van der Waals surface area (Å²) < 4.78 is 16.9. The van der Waals surface area contributed by atoms with Crippen molar-refractivity contribution in [2.24, 2.45) is 11.3 Å². The molecule has 3 heterocycles. The van der Waals surface area contributed by atoms with Gasteiger partial charge in [-0.3, -0.25) is 0 Å². The van der Waals surface area contributed by atoms with E-state index < -0.39 is 0 Å². The second-order valence-corrected chi connectivity index (χ2v) is 7.30. The average Bonchev–Trinajstić information content (AvgIpc) is 3.01. The molecule has 3 atom stereocenters. The summed E-state index contributed by atoms with van der Waals surface area (Å²) in [4.78, 5) is 16.8. The molecule has 2 aromatic heterocycles. The lowest BCUT2D eigenvalue weighted by Crippen LogP contribution is -2.65. The lowest BCUT2D eigenvalue weighted by Gasteiger charge is -2.58. The van der Waals surface area contributed by atoms with Crippen molar-refractivity contribution in [2.45, 2.75) is 52.2 Å². The molecule has 0 radical (unpaired) electrons. The van der Waals surface area contributed by atoms with Crippen LogP contribution in [0.5, 0.6) is 0 Å². The number of carbonyl (C=O) groups is 1. The fraction of sp³-hybridized carbons (Fsp3) is 0.611. The third kappa shape index (κ3) is 2.24. The Morgan fingerprint density at radius 2 is 2.29 bits per heavy atom. The molecule has 4 rings (SSSR count). The number of pyridine rings is 1. The molecular formula is C18H22N2O4. The zero-order valence-electron chi connectivity index (χ0n) is 14.2. The molecular weight excluding hydrogens is 308 g/mol. The number of hydrogen-bond donors (Lipinski definition) is 0. The van der Waals surface area contributed by atoms with Gasteiger partial charge in [-0.15, -0.1) is 0 Å². The third-order valence-electron chi connectivity index (χ3n) is 5.43. The molecule has 0 unspecified atom stereocenters. The largest absolute Gasteiger partial charge is 0.458 e. The zero-order chi connectivity index (χ0) is 16.9. The van der Waals surface area contributed by atoms with Crippen LogP contribution >= 0.6 is 0 Å². The molecule has 6 heteroatoms. The highest BCUT2D eigenvalue weighted by atomic mass is 16.6. The standard InChI is InChI=1S/C18H22N2O4/c1-4-13-12-8-10(9-19-16(12)24-20-13)17(21)23-15-11-6-5-7-22-14(11)18(15,2)3/h8-9,11,14-15H,4-7H2,1-3H3/t11-,14+,15+/m0/s1. The highest BCUT2D eigenvalue weighted by molar-refractivity contribution is 5.93. The van der Waals surface area contributed by atoms with E-state index in [1.165, 1.54) is 6.20 Å². The van der Waals surface area contributed by atoms with Crippen LogP contribution in [0.25, 0.3) is 11.1 Å². The van der Waals surface area contributed by atoms with Crippen molar-refractivity contribution in [2.75, 3.05) is 6.61 Å². The van der Waals surface area contributed by atoms with Crippen LogP contribution in [0.2, 0.25) is 0 Å². The van der Waals surface area contributed by atoms with Crippen LogP contribution in [-0.4, -0.2) is 34.9 Å². The van der Waals surface area contributed by atoms with Gasteiger partial charge in [0.15, 0.2) is 0 Å². The minimum Gasteiger partial charge on any atom is -0.458 e. The Morgan fingerprint density at radius 1 is 1.46 bits per heavy atom. The van der Waals surface area contributed by atoms with Gasteiger partial charge in [0.1, 0.15) is 6.10 Å². The van der Waals surface area contributed by atoms with Crippen LogP contribution in [-0.2, 0) is 15.9 Å². The summed E-state index contributed by atoms with van der Waals surface area (Å²) in [6.07, 6.45) is 4.38. The summed E-state index contributed by atoms with van der Waals surface area (Å²) >= 11 is 0. The lowest BCUT2D eigenvalue weighted by atomic mass is 9.57. The number of hydrogen-bond acceptors (Lipinski definition) is 6. The van der Waals surface area contributed by atoms with Gasteiger partial charge in [0, 0.05) is 24.1 Å². The molecule has 0 N–H and O–H groups in total. The Bertz CT molecular complexity index is 782. The van der Waals surface area contributed by atoms with Crippen molar-refractivity contribution in [1.82, 2.24) is 10.1 Å². The first-order valence-corrected chi connectivity index (χ1v) is 8.59. The Morgan fingerprint density at radius 3 is 3.08 bits per heavy atom. The monoisotopic (exact) mass is 330 g/mol. The smallest absolute Gasteiger partial charge is 0.340 e. The molecule has 1 aliphatic carbocycles. The molecule has 1 saturated heterocycles. The minimum absolute atomic E-state index is 0.112. The number of aryl methyl sites for hydroxylation is 1. The van der Waals surface area contributed by atoms with Crippen LogP contribution in [0.3, 0.4) is 0 Å². The average molecular weight is 330 g/mol. The molecule has 128 valence electrons. The first-order valence-electron chi connectivity index (χ1n) is 8.59. The minimum atomic E-state index is -0.338. The predicted octanol–water partition coefficient (Wildman–Crippen LogP) is 3.15. The molecule has 0 bridgehead atoms. The predicted molar refractivity (Wildman–Crippen MR) is 86.6 cm³/mol. The maximum Gasteiger partial charge on any atom is 0.340 e. The van der Waals surface area contributed by atoms with Gasteiger partial charge in [-0.2, -0.15) is 0 Å². The second-order valence-electron chi connectivity index (χ2n) is 7.30. The normalized spacial score (nSPS) is 28.2. The maximum atomic E-state index is 12.6. The fourth-order valence-electron chi connectivity index (χ4n) is 4.14. The van der Waals surface area contributed by atoms with Crippen molar-refractivity contribution in [3.63, 3.8) is 0 Å². The lowest BCUT2D eigenvalue weighted by molar-refractivity contribution is -0.243. The van der Waals surface area contributed by atoms with Crippen molar-refractivity contribution in [1.29, 1.82) is 0 Å². The fourth-order valence-corrected chi connectivity index (χ4v) is 4.14. The Hall–Kier alpha value is -1.95. The molecule has 0 spiro atoms. The van der Waals surface area contributed by atoms with E-state index in [4.69, 9.17) is 14.0 Å². The van der Waals surface area contributed by atoms with Crippen LogP contribution < -0.4 is 0 Å². The molecule has 1 saturated carbocycles. The summed E-state index contributed by atoms with van der Waals surface area (Å²) in [5, 5.41) is 4.75. The van der Waals surface area contributed by atoms with Gasteiger partial charge in [-0.05, 0) is 25.3 Å². The first-order chi connectivity index (χ1) is 11.5. The molecule has 6 nitrogen and oxygen atoms in total. The summed E-state index contributed by atoms with van der Waals surface area (Å²) in [6.45, 7) is 7.00. The van der Waals surface area contributed by atoms with E-state index in [9.17, 15) is 4.79 Å². The molecule has 0 aromatic carbocycles. The van der Waals surface area contributed by atoms with E-state index in [0.29, 0.717) is 17.2 Å². The number of aromatic nitrogens is 2. The van der Waals surface area contributed by atoms with Crippen LogP contribution in [0.1, 0.15) is 49.7 Å². The van der Waals surface area contributed by atoms with Gasteiger partial charge in [0.2, 0.25) is 0 Å². The number of rotatable bonds is 3. The second kappa shape index (κ2) is 5.55. The van der Waals surface area contributed by atoms with Crippen molar-refractivity contribution < 1.29 is 18.8 Å². The number of ether oxygens (including phenoxy) is 2. The summed E-state index contributed by atoms with van der Waals surface area (Å²) in [5.74, 6) is -0.0362.